The summed E-state index contributed by atoms with van der Waals surface area (Å²) in [6.45, 7) is 2.30. The topological polar surface area (TPSA) is 32.3 Å². The van der Waals surface area contributed by atoms with E-state index in [1.807, 2.05) is 12.1 Å². The van der Waals surface area contributed by atoms with Gasteiger partial charge in [-0.05, 0) is 66.6 Å². The van der Waals surface area contributed by atoms with Crippen LogP contribution >= 0.6 is 34.2 Å². The summed E-state index contributed by atoms with van der Waals surface area (Å²) in [4.78, 5) is 14.9. The predicted octanol–water partition coefficient (Wildman–Crippen LogP) is 3.30. The number of fused-ring (bicyclic) bond motifs is 1. The van der Waals surface area contributed by atoms with Crippen molar-refractivity contribution < 1.29 is 4.79 Å². The number of rotatable bonds is 2. The summed E-state index contributed by atoms with van der Waals surface area (Å²) < 4.78 is 0.972. The summed E-state index contributed by atoms with van der Waals surface area (Å²) >= 11 is 8.26. The monoisotopic (exact) mass is 404 g/mol. The average molecular weight is 405 g/mol. The summed E-state index contributed by atoms with van der Waals surface area (Å²) in [6, 6.07) is 6.32. The van der Waals surface area contributed by atoms with Gasteiger partial charge in [0.25, 0.3) is 5.91 Å². The molecule has 2 heterocycles. The van der Waals surface area contributed by atoms with Gasteiger partial charge >= 0.3 is 0 Å². The highest BCUT2D eigenvalue weighted by molar-refractivity contribution is 14.1. The van der Waals surface area contributed by atoms with E-state index in [-0.39, 0.29) is 5.91 Å². The van der Waals surface area contributed by atoms with Gasteiger partial charge in [0.1, 0.15) is 0 Å². The second-order valence-corrected chi connectivity index (χ2v) is 7.17. The fourth-order valence-electron chi connectivity index (χ4n) is 3.30. The molecule has 3 rings (SSSR count). The number of piperidine rings is 1. The minimum atomic E-state index is 0.000670. The first kappa shape index (κ1) is 14.6. The summed E-state index contributed by atoms with van der Waals surface area (Å²) in [5.74, 6) is 0.000670. The highest BCUT2D eigenvalue weighted by Crippen LogP contribution is 2.27. The number of nitrogens with one attached hydrogen (secondary N) is 1. The Bertz CT molecular complexity index is 523. The zero-order valence-corrected chi connectivity index (χ0v) is 14.2. The van der Waals surface area contributed by atoms with Gasteiger partial charge in [-0.25, -0.2) is 0 Å². The van der Waals surface area contributed by atoms with Gasteiger partial charge in [-0.2, -0.15) is 0 Å². The Labute approximate surface area is 138 Å². The zero-order valence-electron chi connectivity index (χ0n) is 11.2. The van der Waals surface area contributed by atoms with Crippen LogP contribution in [0, 0.1) is 3.57 Å². The first-order chi connectivity index (χ1) is 9.65. The molecular formula is C15H18ClIN2O. The van der Waals surface area contributed by atoms with Gasteiger partial charge in [0.15, 0.2) is 0 Å². The van der Waals surface area contributed by atoms with Gasteiger partial charge in [-0.1, -0.05) is 18.0 Å². The molecule has 2 unspecified atom stereocenters. The molecule has 20 heavy (non-hydrogen) atoms. The number of carbonyl (C=O) groups is 1. The number of benzene rings is 1. The maximum Gasteiger partial charge on any atom is 0.251 e. The van der Waals surface area contributed by atoms with E-state index in [1.54, 1.807) is 6.07 Å². The fourth-order valence-corrected chi connectivity index (χ4v) is 3.82. The van der Waals surface area contributed by atoms with E-state index in [9.17, 15) is 4.79 Å². The molecular weight excluding hydrogens is 387 g/mol. The third-order valence-corrected chi connectivity index (χ3v) is 5.93. The predicted molar refractivity (Wildman–Crippen MR) is 89.3 cm³/mol. The Morgan fingerprint density at radius 2 is 2.15 bits per heavy atom. The van der Waals surface area contributed by atoms with E-state index in [0.29, 0.717) is 22.7 Å². The van der Waals surface area contributed by atoms with Crippen LogP contribution < -0.4 is 5.32 Å². The highest BCUT2D eigenvalue weighted by Gasteiger charge is 2.36. The van der Waals surface area contributed by atoms with Crippen molar-refractivity contribution in [1.82, 2.24) is 10.2 Å². The molecule has 1 N–H and O–H groups in total. The number of hydrogen-bond acceptors (Lipinski definition) is 2. The van der Waals surface area contributed by atoms with E-state index in [1.165, 1.54) is 25.8 Å². The number of nitrogens with zero attached hydrogens (tertiary/aromatic N) is 1. The molecule has 0 bridgehead atoms. The smallest absolute Gasteiger partial charge is 0.251 e. The first-order valence-electron chi connectivity index (χ1n) is 7.15. The second kappa shape index (κ2) is 6.20. The Balaban J connectivity index is 1.68. The third kappa shape index (κ3) is 2.97. The van der Waals surface area contributed by atoms with Crippen molar-refractivity contribution in [2.75, 3.05) is 13.1 Å². The molecule has 1 aromatic rings. The van der Waals surface area contributed by atoms with Gasteiger partial charge < -0.3 is 5.32 Å². The summed E-state index contributed by atoms with van der Waals surface area (Å²) in [5.41, 5.74) is 0.657. The van der Waals surface area contributed by atoms with Crippen molar-refractivity contribution in [3.05, 3.63) is 32.4 Å². The largest absolute Gasteiger partial charge is 0.348 e. The molecule has 2 aliphatic rings. The van der Waals surface area contributed by atoms with Crippen LogP contribution in [0.4, 0.5) is 0 Å². The van der Waals surface area contributed by atoms with E-state index >= 15 is 0 Å². The van der Waals surface area contributed by atoms with E-state index in [4.69, 9.17) is 11.6 Å². The fraction of sp³-hybridized carbons (Fsp3) is 0.533. The minimum Gasteiger partial charge on any atom is -0.348 e. The molecule has 0 aliphatic carbocycles. The molecule has 1 aromatic carbocycles. The molecule has 2 aliphatic heterocycles. The maximum absolute atomic E-state index is 12.3. The maximum atomic E-state index is 12.3. The van der Waals surface area contributed by atoms with E-state index in [2.05, 4.69) is 32.8 Å². The second-order valence-electron chi connectivity index (χ2n) is 5.60. The number of carbonyl (C=O) groups excluding carboxylic acids is 1. The first-order valence-corrected chi connectivity index (χ1v) is 8.61. The Morgan fingerprint density at radius 3 is 2.95 bits per heavy atom. The molecule has 5 heteroatoms. The van der Waals surface area contributed by atoms with Crippen molar-refractivity contribution in [2.45, 2.75) is 37.8 Å². The minimum absolute atomic E-state index is 0.000670. The molecule has 0 spiro atoms. The molecule has 0 saturated carbocycles. The van der Waals surface area contributed by atoms with Crippen LogP contribution in [0.3, 0.4) is 0 Å². The van der Waals surface area contributed by atoms with Gasteiger partial charge in [0.05, 0.1) is 5.02 Å². The molecule has 0 aromatic heterocycles. The van der Waals surface area contributed by atoms with E-state index < -0.39 is 0 Å². The SMILES string of the molecule is O=C(NC1CCN2CCCCC12)c1ccc(I)c(Cl)c1. The normalized spacial score (nSPS) is 26.3. The third-order valence-electron chi connectivity index (χ3n) is 4.35. The lowest BCUT2D eigenvalue weighted by Crippen LogP contribution is -2.46. The van der Waals surface area contributed by atoms with Gasteiger partial charge in [-0.3, -0.25) is 9.69 Å². The standard InChI is InChI=1S/C15H18ClIN2O/c16-11-9-10(4-5-12(11)17)15(20)18-13-6-8-19-7-2-1-3-14(13)19/h4-5,9,13-14H,1-3,6-8H2,(H,18,20). The lowest BCUT2D eigenvalue weighted by molar-refractivity contribution is 0.0915. The summed E-state index contributed by atoms with van der Waals surface area (Å²) in [6.07, 6.45) is 4.85. The van der Waals surface area contributed by atoms with Crippen LogP contribution in [0.5, 0.6) is 0 Å². The molecule has 2 saturated heterocycles. The average Bonchev–Trinajstić information content (AvgIpc) is 2.85. The lowest BCUT2D eigenvalue weighted by atomic mass is 9.99. The van der Waals surface area contributed by atoms with Crippen LogP contribution in [0.1, 0.15) is 36.0 Å². The van der Waals surface area contributed by atoms with Crippen LogP contribution in [-0.4, -0.2) is 36.0 Å². The molecule has 2 fully saturated rings. The number of halogens is 2. The van der Waals surface area contributed by atoms with Gasteiger partial charge in [0.2, 0.25) is 0 Å². The van der Waals surface area contributed by atoms with Crippen LogP contribution in [0.25, 0.3) is 0 Å². The summed E-state index contributed by atoms with van der Waals surface area (Å²) in [7, 11) is 0. The number of amides is 1. The Hall–Kier alpha value is -0.330. The highest BCUT2D eigenvalue weighted by atomic mass is 127. The number of hydrogen-bond donors (Lipinski definition) is 1. The van der Waals surface area contributed by atoms with E-state index in [0.717, 1.165) is 16.5 Å². The van der Waals surface area contributed by atoms with Gasteiger partial charge in [0, 0.05) is 27.8 Å². The van der Waals surface area contributed by atoms with Crippen LogP contribution in [-0.2, 0) is 0 Å². The molecule has 1 amide bonds. The van der Waals surface area contributed by atoms with Crippen molar-refractivity contribution in [2.24, 2.45) is 0 Å². The van der Waals surface area contributed by atoms with Crippen LogP contribution in [0.15, 0.2) is 18.2 Å². The zero-order chi connectivity index (χ0) is 14.1. The summed E-state index contributed by atoms with van der Waals surface area (Å²) in [5, 5.41) is 3.84. The van der Waals surface area contributed by atoms with Gasteiger partial charge in [-0.15, -0.1) is 0 Å². The van der Waals surface area contributed by atoms with Crippen molar-refractivity contribution in [3.8, 4) is 0 Å². The lowest BCUT2D eigenvalue weighted by Gasteiger charge is -2.32. The van der Waals surface area contributed by atoms with Crippen LogP contribution in [0.2, 0.25) is 5.02 Å². The van der Waals surface area contributed by atoms with Crippen molar-refractivity contribution in [3.63, 3.8) is 0 Å². The molecule has 108 valence electrons. The van der Waals surface area contributed by atoms with Crippen molar-refractivity contribution in [1.29, 1.82) is 0 Å². The molecule has 0 radical (unpaired) electrons. The Kier molecular flexibility index (Phi) is 4.52. The quantitative estimate of drug-likeness (QED) is 0.767. The van der Waals surface area contributed by atoms with Crippen molar-refractivity contribution >= 4 is 40.1 Å². The molecule has 3 nitrogen and oxygen atoms in total. The Morgan fingerprint density at radius 1 is 1.30 bits per heavy atom. The molecule has 2 atom stereocenters.